The monoisotopic (exact) mass is 737 g/mol. The van der Waals surface area contributed by atoms with E-state index >= 15 is 0 Å². The van der Waals surface area contributed by atoms with Crippen molar-refractivity contribution in [2.45, 2.75) is 206 Å². The SMILES string of the molecule is CCCCCCCC/C=C\CCCCCCCCOC(COCCN(C)CCO)C(OCCCCCCCC/C=C\CCCCCCCC)C(N)=O. The molecule has 1 amide bonds. The summed E-state index contributed by atoms with van der Waals surface area (Å²) in [5.41, 5.74) is 5.82. The third-order valence-electron chi connectivity index (χ3n) is 9.94. The fourth-order valence-electron chi connectivity index (χ4n) is 6.44. The van der Waals surface area contributed by atoms with Crippen molar-refractivity contribution in [2.24, 2.45) is 5.73 Å². The number of unbranched alkanes of at least 4 members (excludes halogenated alkanes) is 24. The summed E-state index contributed by atoms with van der Waals surface area (Å²) in [5, 5.41) is 9.16. The Morgan fingerprint density at radius 1 is 0.558 bits per heavy atom. The molecule has 0 saturated heterocycles. The first-order valence-electron chi connectivity index (χ1n) is 22.3. The lowest BCUT2D eigenvalue weighted by atomic mass is 10.1. The van der Waals surface area contributed by atoms with Crippen LogP contribution in [0.15, 0.2) is 24.3 Å². The van der Waals surface area contributed by atoms with Crippen LogP contribution in [0, 0.1) is 0 Å². The molecule has 0 aliphatic heterocycles. The summed E-state index contributed by atoms with van der Waals surface area (Å²) >= 11 is 0. The lowest BCUT2D eigenvalue weighted by molar-refractivity contribution is -0.148. The molecule has 308 valence electrons. The number of rotatable bonds is 43. The number of carbonyl (C=O) groups is 1. The molecule has 0 spiro atoms. The van der Waals surface area contributed by atoms with Crippen molar-refractivity contribution in [1.29, 1.82) is 0 Å². The molecule has 52 heavy (non-hydrogen) atoms. The van der Waals surface area contributed by atoms with Gasteiger partial charge in [0.2, 0.25) is 5.91 Å². The van der Waals surface area contributed by atoms with Gasteiger partial charge in [0.05, 0.1) is 19.8 Å². The van der Waals surface area contributed by atoms with Crippen molar-refractivity contribution >= 4 is 5.91 Å². The summed E-state index contributed by atoms with van der Waals surface area (Å²) in [5.74, 6) is -0.489. The number of ether oxygens (including phenoxy) is 3. The zero-order valence-corrected chi connectivity index (χ0v) is 34.8. The molecule has 0 radical (unpaired) electrons. The van der Waals surface area contributed by atoms with Gasteiger partial charge in [0.25, 0.3) is 0 Å². The van der Waals surface area contributed by atoms with Crippen molar-refractivity contribution in [1.82, 2.24) is 4.90 Å². The molecule has 0 aliphatic carbocycles. The zero-order chi connectivity index (χ0) is 38.0. The Morgan fingerprint density at radius 2 is 0.942 bits per heavy atom. The second-order valence-corrected chi connectivity index (χ2v) is 15.1. The van der Waals surface area contributed by atoms with Crippen LogP contribution in [0.5, 0.6) is 0 Å². The Morgan fingerprint density at radius 3 is 1.35 bits per heavy atom. The van der Waals surface area contributed by atoms with Crippen LogP contribution in [0.1, 0.15) is 194 Å². The van der Waals surface area contributed by atoms with Gasteiger partial charge >= 0.3 is 0 Å². The van der Waals surface area contributed by atoms with Gasteiger partial charge in [0, 0.05) is 26.3 Å². The number of allylic oxidation sites excluding steroid dienone is 4. The average molecular weight is 737 g/mol. The minimum absolute atomic E-state index is 0.118. The third-order valence-corrected chi connectivity index (χ3v) is 9.94. The molecule has 0 aromatic rings. The van der Waals surface area contributed by atoms with Crippen molar-refractivity contribution in [3.8, 4) is 0 Å². The molecule has 0 rings (SSSR count). The number of primary amides is 1. The number of amides is 1. The average Bonchev–Trinajstić information content (AvgIpc) is 3.13. The second-order valence-electron chi connectivity index (χ2n) is 15.1. The van der Waals surface area contributed by atoms with E-state index in [1.165, 1.54) is 154 Å². The summed E-state index contributed by atoms with van der Waals surface area (Å²) in [6.07, 6.45) is 43.5. The Bertz CT molecular complexity index is 777. The Hall–Kier alpha value is -1.25. The molecule has 0 saturated carbocycles. The first-order valence-corrected chi connectivity index (χ1v) is 22.3. The van der Waals surface area contributed by atoms with Gasteiger partial charge in [-0.25, -0.2) is 0 Å². The van der Waals surface area contributed by atoms with Crippen molar-refractivity contribution < 1.29 is 24.1 Å². The van der Waals surface area contributed by atoms with Crippen molar-refractivity contribution in [2.75, 3.05) is 53.2 Å². The summed E-state index contributed by atoms with van der Waals surface area (Å²) in [6, 6.07) is 0. The molecular weight excluding hydrogens is 649 g/mol. The first kappa shape index (κ1) is 50.8. The highest BCUT2D eigenvalue weighted by atomic mass is 16.6. The number of aliphatic hydroxyl groups excluding tert-OH is 1. The lowest BCUT2D eigenvalue weighted by Crippen LogP contribution is -2.45. The van der Waals surface area contributed by atoms with Crippen LogP contribution < -0.4 is 5.73 Å². The standard InChI is InChI=1S/C45H88N2O5/c1-4-6-8-10-12-14-16-18-20-22-24-26-28-30-32-34-39-51-43(42-50-41-37-47(3)36-38-48)44(45(46)49)52-40-35-33-31-29-27-25-23-21-19-17-15-13-11-9-7-5-2/h18-21,43-44,48H,4-17,22-42H2,1-3H3,(H2,46,49)/b20-18-,21-19-. The minimum Gasteiger partial charge on any atom is -0.395 e. The van der Waals surface area contributed by atoms with Crippen LogP contribution in [0.2, 0.25) is 0 Å². The number of likely N-dealkylation sites (N-methyl/N-ethyl adjacent to an activating group) is 1. The van der Waals surface area contributed by atoms with Crippen LogP contribution in [0.25, 0.3) is 0 Å². The zero-order valence-electron chi connectivity index (χ0n) is 34.8. The third kappa shape index (κ3) is 37.1. The highest BCUT2D eigenvalue weighted by molar-refractivity contribution is 5.79. The van der Waals surface area contributed by atoms with Crippen LogP contribution in [0.3, 0.4) is 0 Å². The van der Waals surface area contributed by atoms with E-state index in [9.17, 15) is 4.79 Å². The van der Waals surface area contributed by atoms with E-state index in [4.69, 9.17) is 25.1 Å². The Kier molecular flexibility index (Phi) is 41.5. The fraction of sp³-hybridized carbons (Fsp3) is 0.889. The van der Waals surface area contributed by atoms with Gasteiger partial charge in [0.15, 0.2) is 6.10 Å². The maximum absolute atomic E-state index is 12.5. The molecule has 0 aromatic heterocycles. The van der Waals surface area contributed by atoms with Gasteiger partial charge < -0.3 is 30.0 Å². The summed E-state index contributed by atoms with van der Waals surface area (Å²) < 4.78 is 18.2. The summed E-state index contributed by atoms with van der Waals surface area (Å²) in [4.78, 5) is 14.5. The number of carbonyl (C=O) groups excluding carboxylic acids is 1. The van der Waals surface area contributed by atoms with Crippen LogP contribution in [0.4, 0.5) is 0 Å². The minimum atomic E-state index is -0.813. The lowest BCUT2D eigenvalue weighted by Gasteiger charge is -2.26. The van der Waals surface area contributed by atoms with Crippen LogP contribution in [-0.2, 0) is 19.0 Å². The molecule has 0 aromatic carbocycles. The number of hydrogen-bond acceptors (Lipinski definition) is 6. The van der Waals surface area contributed by atoms with E-state index in [-0.39, 0.29) is 13.2 Å². The molecule has 7 heteroatoms. The quantitative estimate of drug-likeness (QED) is 0.0478. The van der Waals surface area contributed by atoms with Crippen molar-refractivity contribution in [3.63, 3.8) is 0 Å². The number of nitrogens with zero attached hydrogens (tertiary/aromatic N) is 1. The van der Waals surface area contributed by atoms with Crippen molar-refractivity contribution in [3.05, 3.63) is 24.3 Å². The molecule has 3 N–H and O–H groups in total. The molecule has 0 heterocycles. The molecule has 0 aliphatic rings. The van der Waals surface area contributed by atoms with Gasteiger partial charge in [-0.3, -0.25) is 4.79 Å². The second kappa shape index (κ2) is 42.5. The van der Waals surface area contributed by atoms with Gasteiger partial charge in [-0.15, -0.1) is 0 Å². The van der Waals surface area contributed by atoms with E-state index in [0.717, 1.165) is 25.7 Å². The maximum atomic E-state index is 12.5. The molecular formula is C45H88N2O5. The smallest absolute Gasteiger partial charge is 0.249 e. The van der Waals surface area contributed by atoms with Gasteiger partial charge in [-0.2, -0.15) is 0 Å². The van der Waals surface area contributed by atoms with Crippen LogP contribution in [-0.4, -0.2) is 81.3 Å². The van der Waals surface area contributed by atoms with E-state index in [1.807, 2.05) is 11.9 Å². The number of nitrogens with two attached hydrogens (primary N) is 1. The highest BCUT2D eigenvalue weighted by Crippen LogP contribution is 2.14. The maximum Gasteiger partial charge on any atom is 0.249 e. The molecule has 2 unspecified atom stereocenters. The molecule has 0 fully saturated rings. The predicted octanol–water partition coefficient (Wildman–Crippen LogP) is 11.3. The van der Waals surface area contributed by atoms with Gasteiger partial charge in [-0.05, 0) is 71.3 Å². The van der Waals surface area contributed by atoms with E-state index < -0.39 is 18.1 Å². The van der Waals surface area contributed by atoms with Crippen LogP contribution >= 0.6 is 0 Å². The Balaban J connectivity index is 4.24. The normalized spacial score (nSPS) is 13.2. The molecule has 2 atom stereocenters. The van der Waals surface area contributed by atoms with E-state index in [2.05, 4.69) is 38.2 Å². The molecule has 7 nitrogen and oxygen atoms in total. The highest BCUT2D eigenvalue weighted by Gasteiger charge is 2.28. The molecule has 0 bridgehead atoms. The fourth-order valence-corrected chi connectivity index (χ4v) is 6.44. The topological polar surface area (TPSA) is 94.2 Å². The predicted molar refractivity (Wildman–Crippen MR) is 223 cm³/mol. The summed E-state index contributed by atoms with van der Waals surface area (Å²) in [7, 11) is 1.95. The first-order chi connectivity index (χ1) is 25.6. The van der Waals surface area contributed by atoms with E-state index in [0.29, 0.717) is 32.9 Å². The van der Waals surface area contributed by atoms with Gasteiger partial charge in [0.1, 0.15) is 6.10 Å². The number of hydrogen-bond donors (Lipinski definition) is 2. The van der Waals surface area contributed by atoms with E-state index in [1.54, 1.807) is 0 Å². The number of aliphatic hydroxyl groups is 1. The van der Waals surface area contributed by atoms with Gasteiger partial charge in [-0.1, -0.05) is 154 Å². The Labute approximate surface area is 323 Å². The summed E-state index contributed by atoms with van der Waals surface area (Å²) in [6.45, 7) is 7.78. The largest absolute Gasteiger partial charge is 0.395 e.